The molecule has 0 bridgehead atoms. The normalized spacial score (nSPS) is 18.8. The zero-order chi connectivity index (χ0) is 7.02. The molecule has 48 valence electrons. The van der Waals surface area contributed by atoms with E-state index >= 15 is 0 Å². The first kappa shape index (κ1) is 5.81. The Hall–Kier alpha value is -1.32. The first-order chi connectivity index (χ1) is 4.13. The van der Waals surface area contributed by atoms with Crippen LogP contribution in [-0.4, -0.2) is 16.8 Å². The number of aliphatic imine (C=N–C) groups is 1. The van der Waals surface area contributed by atoms with Crippen LogP contribution in [0.5, 0.6) is 0 Å². The van der Waals surface area contributed by atoms with Crippen LogP contribution in [0.4, 0.5) is 0 Å². The molecule has 4 nitrogen and oxygen atoms in total. The fourth-order valence-corrected chi connectivity index (χ4v) is 0.562. The van der Waals surface area contributed by atoms with Crippen LogP contribution in [0, 0.1) is 5.41 Å². The number of aliphatic hydroxyl groups excluding tert-OH is 1. The van der Waals surface area contributed by atoms with Crippen molar-refractivity contribution in [2.24, 2.45) is 10.7 Å². The molecule has 4 heteroatoms. The summed E-state index contributed by atoms with van der Waals surface area (Å²) in [7, 11) is 0. The second-order valence-electron chi connectivity index (χ2n) is 1.82. The van der Waals surface area contributed by atoms with Crippen molar-refractivity contribution in [3.8, 4) is 0 Å². The van der Waals surface area contributed by atoms with E-state index in [1.165, 1.54) is 0 Å². The lowest BCUT2D eigenvalue weighted by Crippen LogP contribution is -2.11. The van der Waals surface area contributed by atoms with Gasteiger partial charge in [0.05, 0.1) is 0 Å². The largest absolute Gasteiger partial charge is 0.504 e. The van der Waals surface area contributed by atoms with Gasteiger partial charge in [0.2, 0.25) is 0 Å². The molecule has 1 heterocycles. The van der Waals surface area contributed by atoms with E-state index in [9.17, 15) is 0 Å². The molecule has 9 heavy (non-hydrogen) atoms. The third-order valence-corrected chi connectivity index (χ3v) is 1.19. The van der Waals surface area contributed by atoms with E-state index in [-0.39, 0.29) is 17.4 Å². The molecule has 0 amide bonds. The highest BCUT2D eigenvalue weighted by atomic mass is 16.3. The van der Waals surface area contributed by atoms with Gasteiger partial charge < -0.3 is 10.8 Å². The topological polar surface area (TPSA) is 82.5 Å². The summed E-state index contributed by atoms with van der Waals surface area (Å²) in [5.74, 6) is 0.0162. The van der Waals surface area contributed by atoms with Crippen LogP contribution in [0.3, 0.4) is 0 Å². The Morgan fingerprint density at radius 3 is 2.33 bits per heavy atom. The summed E-state index contributed by atoms with van der Waals surface area (Å²) in [5, 5.41) is 15.9. The summed E-state index contributed by atoms with van der Waals surface area (Å²) < 4.78 is 0. The lowest BCUT2D eigenvalue weighted by Gasteiger charge is -1.89. The molecule has 0 aliphatic carbocycles. The molecule has 0 fully saturated rings. The Kier molecular flexibility index (Phi) is 1.02. The van der Waals surface area contributed by atoms with E-state index in [4.69, 9.17) is 16.2 Å². The van der Waals surface area contributed by atoms with Gasteiger partial charge in [0.15, 0.2) is 17.4 Å². The van der Waals surface area contributed by atoms with Crippen LogP contribution in [0.25, 0.3) is 0 Å². The second-order valence-corrected chi connectivity index (χ2v) is 1.82. The van der Waals surface area contributed by atoms with Gasteiger partial charge >= 0.3 is 0 Å². The van der Waals surface area contributed by atoms with Crippen LogP contribution < -0.4 is 5.73 Å². The first-order valence-corrected chi connectivity index (χ1v) is 2.46. The number of nitrogens with two attached hydrogens (primary N) is 1. The van der Waals surface area contributed by atoms with Gasteiger partial charge in [-0.05, 0) is 6.92 Å². The fourth-order valence-electron chi connectivity index (χ4n) is 0.562. The molecule has 1 aliphatic rings. The highest BCUT2D eigenvalue weighted by Gasteiger charge is 2.16. The molecule has 1 aliphatic heterocycles. The maximum atomic E-state index is 8.92. The minimum Gasteiger partial charge on any atom is -0.504 e. The molecular formula is C5H7N3O. The van der Waals surface area contributed by atoms with Crippen LogP contribution in [0.15, 0.2) is 16.3 Å². The molecule has 0 radical (unpaired) electrons. The number of amidine groups is 2. The lowest BCUT2D eigenvalue weighted by molar-refractivity contribution is 0.440. The van der Waals surface area contributed by atoms with Gasteiger partial charge in [-0.15, -0.1) is 0 Å². The van der Waals surface area contributed by atoms with Gasteiger partial charge in [-0.1, -0.05) is 0 Å². The minimum absolute atomic E-state index is 0.0394. The maximum Gasteiger partial charge on any atom is 0.168 e. The monoisotopic (exact) mass is 125 g/mol. The highest BCUT2D eigenvalue weighted by Crippen LogP contribution is 2.10. The molecule has 0 aromatic carbocycles. The molecule has 0 atom stereocenters. The molecule has 0 spiro atoms. The molecule has 0 aromatic heterocycles. The maximum absolute atomic E-state index is 8.92. The van der Waals surface area contributed by atoms with E-state index in [2.05, 4.69) is 4.99 Å². The predicted octanol–water partition coefficient (Wildman–Crippen LogP) is 0.166. The standard InChI is InChI=1S/C5H7N3O/c1-2-3(9)5(7)8-4(2)6/h1H3,(H4,6,7,8,9). The van der Waals surface area contributed by atoms with Crippen molar-refractivity contribution in [2.75, 3.05) is 0 Å². The van der Waals surface area contributed by atoms with Gasteiger partial charge in [-0.25, -0.2) is 4.99 Å². The molecule has 0 aromatic rings. The average molecular weight is 125 g/mol. The van der Waals surface area contributed by atoms with Crippen molar-refractivity contribution in [1.82, 2.24) is 0 Å². The smallest absolute Gasteiger partial charge is 0.168 e. The number of aliphatic hydroxyl groups is 1. The minimum atomic E-state index is -0.0694. The predicted molar refractivity (Wildman–Crippen MR) is 34.7 cm³/mol. The summed E-state index contributed by atoms with van der Waals surface area (Å²) >= 11 is 0. The Labute approximate surface area is 52.2 Å². The number of hydrogen-bond acceptors (Lipinski definition) is 3. The highest BCUT2D eigenvalue weighted by molar-refractivity contribution is 6.17. The van der Waals surface area contributed by atoms with E-state index in [0.717, 1.165) is 0 Å². The third kappa shape index (κ3) is 0.679. The summed E-state index contributed by atoms with van der Waals surface area (Å²) in [4.78, 5) is 3.50. The molecule has 4 N–H and O–H groups in total. The fraction of sp³-hybridized carbons (Fsp3) is 0.200. The zero-order valence-electron chi connectivity index (χ0n) is 4.97. The van der Waals surface area contributed by atoms with Crippen LogP contribution in [-0.2, 0) is 0 Å². The van der Waals surface area contributed by atoms with Gasteiger partial charge in [-0.2, -0.15) is 0 Å². The van der Waals surface area contributed by atoms with E-state index in [1.54, 1.807) is 6.92 Å². The van der Waals surface area contributed by atoms with Crippen molar-refractivity contribution in [1.29, 1.82) is 5.41 Å². The molecular weight excluding hydrogens is 118 g/mol. The van der Waals surface area contributed by atoms with Crippen molar-refractivity contribution in [3.05, 3.63) is 11.3 Å². The second kappa shape index (κ2) is 1.58. The van der Waals surface area contributed by atoms with Crippen LogP contribution in [0.2, 0.25) is 0 Å². The number of nitrogens with zero attached hydrogens (tertiary/aromatic N) is 1. The van der Waals surface area contributed by atoms with Gasteiger partial charge in [0.25, 0.3) is 0 Å². The molecule has 0 saturated heterocycles. The summed E-state index contributed by atoms with van der Waals surface area (Å²) in [6.07, 6.45) is 0. The van der Waals surface area contributed by atoms with Crippen LogP contribution in [0.1, 0.15) is 6.92 Å². The summed E-state index contributed by atoms with van der Waals surface area (Å²) in [5.41, 5.74) is 5.60. The quantitative estimate of drug-likeness (QED) is 0.431. The van der Waals surface area contributed by atoms with Gasteiger partial charge in [0, 0.05) is 5.57 Å². The van der Waals surface area contributed by atoms with Gasteiger partial charge in [-0.3, -0.25) is 5.41 Å². The Bertz CT molecular complexity index is 226. The van der Waals surface area contributed by atoms with Gasteiger partial charge in [0.1, 0.15) is 0 Å². The van der Waals surface area contributed by atoms with Crippen molar-refractivity contribution in [2.45, 2.75) is 6.92 Å². The number of rotatable bonds is 0. The Morgan fingerprint density at radius 1 is 1.67 bits per heavy atom. The number of hydrogen-bond donors (Lipinski definition) is 3. The average Bonchev–Trinajstić information content (AvgIpc) is 1.98. The summed E-state index contributed by atoms with van der Waals surface area (Å²) in [6, 6.07) is 0. The summed E-state index contributed by atoms with van der Waals surface area (Å²) in [6.45, 7) is 1.60. The van der Waals surface area contributed by atoms with Crippen molar-refractivity contribution >= 4 is 11.7 Å². The Morgan fingerprint density at radius 2 is 2.22 bits per heavy atom. The van der Waals surface area contributed by atoms with Crippen LogP contribution >= 0.6 is 0 Å². The van der Waals surface area contributed by atoms with E-state index < -0.39 is 0 Å². The van der Waals surface area contributed by atoms with E-state index in [0.29, 0.717) is 5.57 Å². The molecule has 0 unspecified atom stereocenters. The van der Waals surface area contributed by atoms with Crippen molar-refractivity contribution in [3.63, 3.8) is 0 Å². The number of nitrogens with one attached hydrogen (secondary N) is 1. The lowest BCUT2D eigenvalue weighted by atomic mass is 10.3. The van der Waals surface area contributed by atoms with E-state index in [1.807, 2.05) is 0 Å². The van der Waals surface area contributed by atoms with Crippen molar-refractivity contribution < 1.29 is 5.11 Å². The Balaban J connectivity index is 3.11. The molecule has 0 saturated carbocycles. The third-order valence-electron chi connectivity index (χ3n) is 1.19. The zero-order valence-corrected chi connectivity index (χ0v) is 4.97. The first-order valence-electron chi connectivity index (χ1n) is 2.46. The SMILES string of the molecule is CC1=C(O)C(N)=NC1=N. The molecule has 1 rings (SSSR count).